The van der Waals surface area contributed by atoms with Gasteiger partial charge in [-0.3, -0.25) is 4.98 Å². The van der Waals surface area contributed by atoms with Crippen molar-refractivity contribution in [2.75, 3.05) is 18.0 Å². The molecule has 1 aromatic heterocycles. The minimum Gasteiger partial charge on any atom is -0.371 e. The Bertz CT molecular complexity index is 898. The molecule has 0 amide bonds. The molecule has 0 saturated carbocycles. The van der Waals surface area contributed by atoms with Gasteiger partial charge in [-0.25, -0.2) is 0 Å². The lowest BCUT2D eigenvalue weighted by Crippen LogP contribution is -2.22. The molecule has 1 heterocycles. The summed E-state index contributed by atoms with van der Waals surface area (Å²) in [7, 11) is 0. The Morgan fingerprint density at radius 2 is 1.52 bits per heavy atom. The van der Waals surface area contributed by atoms with Crippen LogP contribution in [-0.2, 0) is 0 Å². The Balaban J connectivity index is 2.36. The second-order valence-corrected chi connectivity index (χ2v) is 6.93. The molecule has 0 aliphatic carbocycles. The highest BCUT2D eigenvalue weighted by Crippen LogP contribution is 2.36. The molecule has 0 radical (unpaired) electrons. The zero-order valence-electron chi connectivity index (χ0n) is 16.3. The van der Waals surface area contributed by atoms with Gasteiger partial charge in [-0.2, -0.15) is 0 Å². The summed E-state index contributed by atoms with van der Waals surface area (Å²) in [5, 5.41) is 1.24. The summed E-state index contributed by atoms with van der Waals surface area (Å²) in [5.41, 5.74) is 9.98. The first kappa shape index (κ1) is 17.5. The van der Waals surface area contributed by atoms with Gasteiger partial charge in [0, 0.05) is 35.4 Å². The third-order valence-electron chi connectivity index (χ3n) is 5.00. The van der Waals surface area contributed by atoms with Crippen molar-refractivity contribution in [2.45, 2.75) is 41.5 Å². The van der Waals surface area contributed by atoms with Gasteiger partial charge in [0.2, 0.25) is 0 Å². The highest BCUT2D eigenvalue weighted by Gasteiger charge is 2.15. The number of nitrogens with zero attached hydrogens (tertiary/aromatic N) is 2. The SMILES string of the molecule is CCN(CC)c1cc(C)nc2c(-c3c(C)cc(C)cc3C)cccc12. The van der Waals surface area contributed by atoms with Crippen LogP contribution < -0.4 is 4.90 Å². The lowest BCUT2D eigenvalue weighted by atomic mass is 9.92. The number of rotatable bonds is 4. The molecule has 0 atom stereocenters. The number of hydrogen-bond donors (Lipinski definition) is 0. The fraction of sp³-hybridized carbons (Fsp3) is 0.348. The van der Waals surface area contributed by atoms with Crippen LogP contribution in [-0.4, -0.2) is 18.1 Å². The molecule has 130 valence electrons. The Kier molecular flexibility index (Phi) is 4.80. The number of fused-ring (bicyclic) bond motifs is 1. The van der Waals surface area contributed by atoms with Crippen molar-refractivity contribution in [3.8, 4) is 11.1 Å². The van der Waals surface area contributed by atoms with Gasteiger partial charge < -0.3 is 4.90 Å². The van der Waals surface area contributed by atoms with Crippen LogP contribution in [0.3, 0.4) is 0 Å². The van der Waals surface area contributed by atoms with Crippen molar-refractivity contribution in [1.82, 2.24) is 4.98 Å². The van der Waals surface area contributed by atoms with Crippen molar-refractivity contribution in [2.24, 2.45) is 0 Å². The van der Waals surface area contributed by atoms with E-state index in [0.29, 0.717) is 0 Å². The second kappa shape index (κ2) is 6.87. The van der Waals surface area contributed by atoms with Gasteiger partial charge in [0.05, 0.1) is 5.52 Å². The minimum absolute atomic E-state index is 1.00. The fourth-order valence-corrected chi connectivity index (χ4v) is 3.99. The lowest BCUT2D eigenvalue weighted by molar-refractivity contribution is 0.868. The predicted octanol–water partition coefficient (Wildman–Crippen LogP) is 5.98. The van der Waals surface area contributed by atoms with Gasteiger partial charge in [0.15, 0.2) is 0 Å². The quantitative estimate of drug-likeness (QED) is 0.584. The van der Waals surface area contributed by atoms with E-state index in [4.69, 9.17) is 4.98 Å². The van der Waals surface area contributed by atoms with Crippen molar-refractivity contribution in [3.63, 3.8) is 0 Å². The molecule has 3 rings (SSSR count). The van der Waals surface area contributed by atoms with Crippen LogP contribution in [0.4, 0.5) is 5.69 Å². The van der Waals surface area contributed by atoms with Crippen molar-refractivity contribution in [1.29, 1.82) is 0 Å². The number of benzene rings is 2. The summed E-state index contributed by atoms with van der Waals surface area (Å²) < 4.78 is 0. The molecule has 25 heavy (non-hydrogen) atoms. The summed E-state index contributed by atoms with van der Waals surface area (Å²) in [6.45, 7) is 15.1. The highest BCUT2D eigenvalue weighted by atomic mass is 15.1. The minimum atomic E-state index is 1.00. The summed E-state index contributed by atoms with van der Waals surface area (Å²) in [6, 6.07) is 13.3. The monoisotopic (exact) mass is 332 g/mol. The number of aryl methyl sites for hydroxylation is 4. The molecule has 0 bridgehead atoms. The van der Waals surface area contributed by atoms with Crippen LogP contribution >= 0.6 is 0 Å². The van der Waals surface area contributed by atoms with E-state index in [2.05, 4.69) is 82.8 Å². The lowest BCUT2D eigenvalue weighted by Gasteiger charge is -2.24. The van der Waals surface area contributed by atoms with Gasteiger partial charge in [-0.05, 0) is 64.3 Å². The van der Waals surface area contributed by atoms with Crippen LogP contribution in [0.1, 0.15) is 36.2 Å². The number of para-hydroxylation sites is 1. The standard InChI is InChI=1S/C23H28N2/c1-7-25(8-2)21-14-18(6)24-23-19(21)10-9-11-20(23)22-16(4)12-15(3)13-17(22)5/h9-14H,7-8H2,1-6H3. The van der Waals surface area contributed by atoms with Crippen molar-refractivity contribution < 1.29 is 0 Å². The van der Waals surface area contributed by atoms with Gasteiger partial charge in [-0.15, -0.1) is 0 Å². The number of hydrogen-bond acceptors (Lipinski definition) is 2. The molecule has 0 N–H and O–H groups in total. The molecule has 2 nitrogen and oxygen atoms in total. The summed E-state index contributed by atoms with van der Waals surface area (Å²) in [5.74, 6) is 0. The Morgan fingerprint density at radius 1 is 0.880 bits per heavy atom. The number of aromatic nitrogens is 1. The molecule has 0 saturated heterocycles. The Morgan fingerprint density at radius 3 is 2.12 bits per heavy atom. The van der Waals surface area contributed by atoms with E-state index in [1.54, 1.807) is 0 Å². The molecule has 0 spiro atoms. The molecule has 0 aliphatic heterocycles. The summed E-state index contributed by atoms with van der Waals surface area (Å²) in [4.78, 5) is 7.35. The van der Waals surface area contributed by atoms with E-state index >= 15 is 0 Å². The van der Waals surface area contributed by atoms with E-state index in [9.17, 15) is 0 Å². The normalized spacial score (nSPS) is 11.1. The third-order valence-corrected chi connectivity index (χ3v) is 5.00. The van der Waals surface area contributed by atoms with Gasteiger partial charge >= 0.3 is 0 Å². The van der Waals surface area contributed by atoms with Gasteiger partial charge in [-0.1, -0.05) is 35.9 Å². The maximum absolute atomic E-state index is 4.94. The highest BCUT2D eigenvalue weighted by molar-refractivity contribution is 6.01. The maximum atomic E-state index is 4.94. The smallest absolute Gasteiger partial charge is 0.0804 e. The first-order chi connectivity index (χ1) is 12.0. The van der Waals surface area contributed by atoms with E-state index in [1.807, 2.05) is 0 Å². The fourth-order valence-electron chi connectivity index (χ4n) is 3.99. The van der Waals surface area contributed by atoms with Crippen molar-refractivity contribution in [3.05, 3.63) is 58.8 Å². The first-order valence-electron chi connectivity index (χ1n) is 9.19. The predicted molar refractivity (Wildman–Crippen MR) is 110 cm³/mol. The summed E-state index contributed by atoms with van der Waals surface area (Å²) in [6.07, 6.45) is 0. The zero-order chi connectivity index (χ0) is 18.1. The largest absolute Gasteiger partial charge is 0.371 e. The molecule has 0 fully saturated rings. The molecule has 2 aromatic carbocycles. The van der Waals surface area contributed by atoms with Crippen LogP contribution in [0.25, 0.3) is 22.0 Å². The topological polar surface area (TPSA) is 16.1 Å². The van der Waals surface area contributed by atoms with E-state index in [-0.39, 0.29) is 0 Å². The van der Waals surface area contributed by atoms with Crippen LogP contribution in [0.2, 0.25) is 0 Å². The number of pyridine rings is 1. The summed E-state index contributed by atoms with van der Waals surface area (Å²) >= 11 is 0. The molecule has 2 heteroatoms. The van der Waals surface area contributed by atoms with E-state index in [0.717, 1.165) is 24.3 Å². The van der Waals surface area contributed by atoms with Crippen LogP contribution in [0.15, 0.2) is 36.4 Å². The van der Waals surface area contributed by atoms with E-state index < -0.39 is 0 Å². The molecular formula is C23H28N2. The molecule has 3 aromatic rings. The average molecular weight is 332 g/mol. The van der Waals surface area contributed by atoms with E-state index in [1.165, 1.54) is 38.9 Å². The maximum Gasteiger partial charge on any atom is 0.0804 e. The average Bonchev–Trinajstić information content (AvgIpc) is 2.55. The van der Waals surface area contributed by atoms with Gasteiger partial charge in [0.1, 0.15) is 0 Å². The van der Waals surface area contributed by atoms with Gasteiger partial charge in [0.25, 0.3) is 0 Å². The molecule has 0 unspecified atom stereocenters. The Hall–Kier alpha value is -2.35. The molecular weight excluding hydrogens is 304 g/mol. The van der Waals surface area contributed by atoms with Crippen LogP contribution in [0, 0.1) is 27.7 Å². The van der Waals surface area contributed by atoms with Crippen molar-refractivity contribution >= 4 is 16.6 Å². The Labute approximate surface area is 151 Å². The number of anilines is 1. The third kappa shape index (κ3) is 3.13. The zero-order valence-corrected chi connectivity index (χ0v) is 16.3. The molecule has 0 aliphatic rings. The second-order valence-electron chi connectivity index (χ2n) is 6.93. The van der Waals surface area contributed by atoms with Crippen LogP contribution in [0.5, 0.6) is 0 Å². The first-order valence-corrected chi connectivity index (χ1v) is 9.19.